The summed E-state index contributed by atoms with van der Waals surface area (Å²) in [6.45, 7) is 1.31. The second kappa shape index (κ2) is 9.47. The van der Waals surface area contributed by atoms with Crippen LogP contribution in [0, 0.1) is 11.7 Å². The monoisotopic (exact) mass is 372 g/mol. The second-order valence-electron chi connectivity index (χ2n) is 6.17. The Morgan fingerprint density at radius 1 is 1.07 bits per heavy atom. The minimum Gasteiger partial charge on any atom is -0.480 e. The second-order valence-corrected chi connectivity index (χ2v) is 6.17. The Balaban J connectivity index is 1.86. The molecule has 27 heavy (non-hydrogen) atoms. The van der Waals surface area contributed by atoms with Gasteiger partial charge in [0, 0.05) is 17.2 Å². The third kappa shape index (κ3) is 6.22. The molecule has 2 rings (SSSR count). The highest BCUT2D eigenvalue weighted by molar-refractivity contribution is 5.97. The van der Waals surface area contributed by atoms with Gasteiger partial charge in [0.05, 0.1) is 0 Å². The van der Waals surface area contributed by atoms with E-state index >= 15 is 0 Å². The summed E-state index contributed by atoms with van der Waals surface area (Å²) < 4.78 is 13.6. The normalized spacial score (nSPS) is 11.5. The van der Waals surface area contributed by atoms with Crippen molar-refractivity contribution >= 4 is 23.5 Å². The van der Waals surface area contributed by atoms with Gasteiger partial charge in [0.25, 0.3) is 5.91 Å². The molecule has 0 aromatic heterocycles. The summed E-state index contributed by atoms with van der Waals surface area (Å²) in [4.78, 5) is 34.5. The van der Waals surface area contributed by atoms with Crippen molar-refractivity contribution in [1.29, 1.82) is 0 Å². The molecule has 0 heterocycles. The van der Waals surface area contributed by atoms with E-state index in [0.717, 1.165) is 0 Å². The summed E-state index contributed by atoms with van der Waals surface area (Å²) in [6.07, 6.45) is 0.965. The van der Waals surface area contributed by atoms with E-state index in [1.807, 2.05) is 0 Å². The Hall–Kier alpha value is -3.22. The van der Waals surface area contributed by atoms with E-state index in [4.69, 9.17) is 5.11 Å². The first-order valence-electron chi connectivity index (χ1n) is 8.51. The highest BCUT2D eigenvalue weighted by atomic mass is 19.1. The molecule has 0 spiro atoms. The number of hydrogen-bond donors (Lipinski definition) is 3. The largest absolute Gasteiger partial charge is 0.480 e. The molecular weight excluding hydrogens is 351 g/mol. The summed E-state index contributed by atoms with van der Waals surface area (Å²) >= 11 is 0. The Labute approximate surface area is 156 Å². The molecule has 3 N–H and O–H groups in total. The lowest BCUT2D eigenvalue weighted by Gasteiger charge is -2.13. The van der Waals surface area contributed by atoms with Gasteiger partial charge in [-0.1, -0.05) is 25.1 Å². The minimum atomic E-state index is -1.13. The van der Waals surface area contributed by atoms with Crippen LogP contribution in [-0.2, 0) is 16.0 Å². The first-order chi connectivity index (χ1) is 12.9. The van der Waals surface area contributed by atoms with Crippen LogP contribution in [0.2, 0.25) is 0 Å². The van der Waals surface area contributed by atoms with Crippen molar-refractivity contribution in [3.63, 3.8) is 0 Å². The number of carboxylic acids is 1. The molecule has 6 nitrogen and oxygen atoms in total. The van der Waals surface area contributed by atoms with E-state index < -0.39 is 18.4 Å². The van der Waals surface area contributed by atoms with E-state index in [0.29, 0.717) is 29.7 Å². The van der Waals surface area contributed by atoms with Crippen LogP contribution in [0.3, 0.4) is 0 Å². The molecule has 7 heteroatoms. The number of amides is 2. The van der Waals surface area contributed by atoms with Crippen LogP contribution in [0.25, 0.3) is 0 Å². The Morgan fingerprint density at radius 3 is 2.37 bits per heavy atom. The lowest BCUT2D eigenvalue weighted by Crippen LogP contribution is -2.29. The maximum absolute atomic E-state index is 13.6. The van der Waals surface area contributed by atoms with Gasteiger partial charge in [-0.15, -0.1) is 0 Å². The number of nitrogens with one attached hydrogen (secondary N) is 2. The highest BCUT2D eigenvalue weighted by Crippen LogP contribution is 2.16. The van der Waals surface area contributed by atoms with Gasteiger partial charge in [0.2, 0.25) is 5.91 Å². The molecule has 0 radical (unpaired) electrons. The molecule has 0 aliphatic rings. The molecular formula is C20H21FN2O4. The third-order valence-corrected chi connectivity index (χ3v) is 4.07. The Kier molecular flexibility index (Phi) is 7.05. The van der Waals surface area contributed by atoms with Crippen LogP contribution in [0.1, 0.15) is 29.3 Å². The standard InChI is InChI=1S/C20H21FN2O4/c1-13(6-7-14-4-2-3-5-17(14)21)19(26)23-16-10-8-15(9-11-16)20(27)22-12-18(24)25/h2-5,8-11,13H,6-7,12H2,1H3,(H,22,27)(H,23,26)(H,24,25). The molecule has 2 aromatic carbocycles. The molecule has 0 saturated heterocycles. The van der Waals surface area contributed by atoms with Crippen LogP contribution < -0.4 is 10.6 Å². The van der Waals surface area contributed by atoms with Crippen LogP contribution >= 0.6 is 0 Å². The summed E-state index contributed by atoms with van der Waals surface area (Å²) in [5.74, 6) is -2.43. The molecule has 142 valence electrons. The molecule has 2 aromatic rings. The van der Waals surface area contributed by atoms with E-state index in [9.17, 15) is 18.8 Å². The first kappa shape index (κ1) is 20.1. The molecule has 1 unspecified atom stereocenters. The zero-order valence-electron chi connectivity index (χ0n) is 14.9. The summed E-state index contributed by atoms with van der Waals surface area (Å²) in [6, 6.07) is 12.6. The number of rotatable bonds is 8. The zero-order chi connectivity index (χ0) is 19.8. The van der Waals surface area contributed by atoms with Crippen LogP contribution in [-0.4, -0.2) is 29.4 Å². The van der Waals surface area contributed by atoms with Crippen LogP contribution in [0.4, 0.5) is 10.1 Å². The maximum Gasteiger partial charge on any atom is 0.322 e. The maximum atomic E-state index is 13.6. The number of carbonyl (C=O) groups excluding carboxylic acids is 2. The molecule has 0 aliphatic carbocycles. The van der Waals surface area contributed by atoms with E-state index in [1.165, 1.54) is 18.2 Å². The van der Waals surface area contributed by atoms with Crippen LogP contribution in [0.5, 0.6) is 0 Å². The number of carbonyl (C=O) groups is 3. The molecule has 0 aliphatic heterocycles. The quantitative estimate of drug-likeness (QED) is 0.664. The van der Waals surface area contributed by atoms with Crippen LogP contribution in [0.15, 0.2) is 48.5 Å². The Bertz CT molecular complexity index is 821. The van der Waals surface area contributed by atoms with Crippen molar-refractivity contribution in [2.75, 3.05) is 11.9 Å². The number of hydrogen-bond acceptors (Lipinski definition) is 3. The van der Waals surface area contributed by atoms with Gasteiger partial charge in [0.15, 0.2) is 0 Å². The van der Waals surface area contributed by atoms with Gasteiger partial charge in [-0.25, -0.2) is 4.39 Å². The number of anilines is 1. The molecule has 0 saturated carbocycles. The number of benzene rings is 2. The SMILES string of the molecule is CC(CCc1ccccc1F)C(=O)Nc1ccc(C(=O)NCC(=O)O)cc1. The van der Waals surface area contributed by atoms with Gasteiger partial charge in [-0.3, -0.25) is 14.4 Å². The van der Waals surface area contributed by atoms with Gasteiger partial charge >= 0.3 is 5.97 Å². The van der Waals surface area contributed by atoms with Gasteiger partial charge < -0.3 is 15.7 Å². The van der Waals surface area contributed by atoms with E-state index in [2.05, 4.69) is 10.6 Å². The Morgan fingerprint density at radius 2 is 1.74 bits per heavy atom. The van der Waals surface area contributed by atoms with Crippen molar-refractivity contribution in [3.8, 4) is 0 Å². The predicted octanol–water partition coefficient (Wildman–Crippen LogP) is 2.85. The number of halogens is 1. The molecule has 2 amide bonds. The van der Waals surface area contributed by atoms with Crippen molar-refractivity contribution < 1.29 is 23.9 Å². The fourth-order valence-corrected chi connectivity index (χ4v) is 2.43. The number of aliphatic carboxylic acids is 1. The molecule has 0 fully saturated rings. The minimum absolute atomic E-state index is 0.200. The lowest BCUT2D eigenvalue weighted by molar-refractivity contribution is -0.135. The van der Waals surface area contributed by atoms with Gasteiger partial charge in [-0.05, 0) is 48.7 Å². The smallest absolute Gasteiger partial charge is 0.322 e. The predicted molar refractivity (Wildman–Crippen MR) is 98.9 cm³/mol. The fourth-order valence-electron chi connectivity index (χ4n) is 2.43. The van der Waals surface area contributed by atoms with Gasteiger partial charge in [-0.2, -0.15) is 0 Å². The van der Waals surface area contributed by atoms with Crippen molar-refractivity contribution in [1.82, 2.24) is 5.32 Å². The topological polar surface area (TPSA) is 95.5 Å². The van der Waals surface area contributed by atoms with Gasteiger partial charge in [0.1, 0.15) is 12.4 Å². The van der Waals surface area contributed by atoms with Crippen molar-refractivity contribution in [2.24, 2.45) is 5.92 Å². The van der Waals surface area contributed by atoms with E-state index in [-0.39, 0.29) is 17.6 Å². The average molecular weight is 372 g/mol. The zero-order valence-corrected chi connectivity index (χ0v) is 14.9. The van der Waals surface area contributed by atoms with Crippen molar-refractivity contribution in [3.05, 3.63) is 65.5 Å². The van der Waals surface area contributed by atoms with E-state index in [1.54, 1.807) is 37.3 Å². The number of carboxylic acid groups (broad SMARTS) is 1. The fraction of sp³-hybridized carbons (Fsp3) is 0.250. The lowest BCUT2D eigenvalue weighted by atomic mass is 10.00. The van der Waals surface area contributed by atoms with Crippen molar-refractivity contribution in [2.45, 2.75) is 19.8 Å². The number of aryl methyl sites for hydroxylation is 1. The summed E-state index contributed by atoms with van der Waals surface area (Å²) in [5, 5.41) is 13.6. The molecule has 0 bridgehead atoms. The third-order valence-electron chi connectivity index (χ3n) is 4.07. The first-order valence-corrected chi connectivity index (χ1v) is 8.51. The summed E-state index contributed by atoms with van der Waals surface area (Å²) in [7, 11) is 0. The molecule has 1 atom stereocenters. The average Bonchev–Trinajstić information content (AvgIpc) is 2.65. The highest BCUT2D eigenvalue weighted by Gasteiger charge is 2.14. The summed E-state index contributed by atoms with van der Waals surface area (Å²) in [5.41, 5.74) is 1.39.